The van der Waals surface area contributed by atoms with Gasteiger partial charge in [-0.3, -0.25) is 0 Å². The molecule has 3 heteroatoms. The maximum atomic E-state index is 2.45. The van der Waals surface area contributed by atoms with Gasteiger partial charge in [-0.2, -0.15) is 0 Å². The third kappa shape index (κ3) is 5.87. The van der Waals surface area contributed by atoms with Gasteiger partial charge in [0.1, 0.15) is 0 Å². The summed E-state index contributed by atoms with van der Waals surface area (Å²) in [6.45, 7) is 0. The molecule has 0 amide bonds. The van der Waals surface area contributed by atoms with Gasteiger partial charge in [0.05, 0.1) is 16.7 Å². The smallest absolute Gasteiger partial charge is 0.0541 e. The summed E-state index contributed by atoms with van der Waals surface area (Å²) >= 11 is 1.86. The van der Waals surface area contributed by atoms with Gasteiger partial charge in [-0.25, -0.2) is 0 Å². The fraction of sp³-hybridized carbons (Fsp3) is 0.0370. The highest BCUT2D eigenvalue weighted by atomic mass is 32.1. The second-order valence-electron chi connectivity index (χ2n) is 14.8. The van der Waals surface area contributed by atoms with E-state index in [4.69, 9.17) is 0 Å². The largest absolute Gasteiger partial charge is 0.310 e. The molecular formula is C54H38N2S. The normalized spacial score (nSPS) is 12.8. The van der Waals surface area contributed by atoms with Gasteiger partial charge in [0.25, 0.3) is 0 Å². The Hall–Kier alpha value is -6.94. The zero-order chi connectivity index (χ0) is 37.7. The van der Waals surface area contributed by atoms with Crippen molar-refractivity contribution >= 4 is 76.0 Å². The quantitative estimate of drug-likeness (QED) is 0.158. The molecule has 1 aliphatic rings. The number of para-hydroxylation sites is 2. The third-order valence-electron chi connectivity index (χ3n) is 11.4. The summed E-state index contributed by atoms with van der Waals surface area (Å²) in [4.78, 5) is 2.39. The standard InChI is InChI=1S/C54H38N2S/c1-3-13-37(14-4-1)39-23-28-42(29-24-39)55(44-32-34-54-49(36-44)47-19-9-12-22-53(47)57-54)43-30-25-40(26-31-43)45-17-7-10-20-50(45)56-51-21-11-8-18-46(51)48-35-41(27-33-52(48)56)38-15-5-2-6-16-38/h1,3-5,7-36H,2,6H2. The Morgan fingerprint density at radius 2 is 1.05 bits per heavy atom. The first-order chi connectivity index (χ1) is 28.3. The number of benzene rings is 8. The molecule has 10 aromatic rings. The van der Waals surface area contributed by atoms with Gasteiger partial charge in [0.2, 0.25) is 0 Å². The van der Waals surface area contributed by atoms with Crippen LogP contribution in [-0.2, 0) is 0 Å². The molecule has 270 valence electrons. The van der Waals surface area contributed by atoms with Crippen molar-refractivity contribution in [2.24, 2.45) is 0 Å². The number of aromatic nitrogens is 1. The Kier molecular flexibility index (Phi) is 8.19. The summed E-state index contributed by atoms with van der Waals surface area (Å²) in [5.74, 6) is 0. The molecule has 0 atom stereocenters. The number of nitrogens with zero attached hydrogens (tertiary/aromatic N) is 2. The van der Waals surface area contributed by atoms with E-state index in [1.54, 1.807) is 0 Å². The Balaban J connectivity index is 1.02. The first-order valence-corrected chi connectivity index (χ1v) is 20.6. The van der Waals surface area contributed by atoms with Crippen molar-refractivity contribution in [3.8, 4) is 27.9 Å². The van der Waals surface area contributed by atoms with Gasteiger partial charge < -0.3 is 9.47 Å². The topological polar surface area (TPSA) is 8.17 Å². The average molecular weight is 747 g/mol. The van der Waals surface area contributed by atoms with Crippen LogP contribution in [0.4, 0.5) is 17.1 Å². The maximum absolute atomic E-state index is 2.45. The van der Waals surface area contributed by atoms with Crippen molar-refractivity contribution in [2.75, 3.05) is 4.90 Å². The van der Waals surface area contributed by atoms with E-state index < -0.39 is 0 Å². The summed E-state index contributed by atoms with van der Waals surface area (Å²) < 4.78 is 5.06. The summed E-state index contributed by atoms with van der Waals surface area (Å²) in [6.07, 6.45) is 9.13. The van der Waals surface area contributed by atoms with Crippen LogP contribution in [0.3, 0.4) is 0 Å². The van der Waals surface area contributed by atoms with Crippen molar-refractivity contribution in [2.45, 2.75) is 12.8 Å². The van der Waals surface area contributed by atoms with Crippen LogP contribution in [0.25, 0.3) is 75.5 Å². The molecule has 0 unspecified atom stereocenters. The van der Waals surface area contributed by atoms with Crippen molar-refractivity contribution in [3.63, 3.8) is 0 Å². The van der Waals surface area contributed by atoms with Crippen LogP contribution in [0.1, 0.15) is 18.4 Å². The summed E-state index contributed by atoms with van der Waals surface area (Å²) in [6, 6.07) is 68.9. The van der Waals surface area contributed by atoms with Crippen LogP contribution in [-0.4, -0.2) is 4.57 Å². The Bertz CT molecular complexity index is 3160. The highest BCUT2D eigenvalue weighted by molar-refractivity contribution is 7.25. The predicted octanol–water partition coefficient (Wildman–Crippen LogP) is 15.7. The van der Waals surface area contributed by atoms with Gasteiger partial charge in [0.15, 0.2) is 0 Å². The third-order valence-corrected chi connectivity index (χ3v) is 12.6. The Morgan fingerprint density at radius 3 is 1.86 bits per heavy atom. The molecule has 57 heavy (non-hydrogen) atoms. The van der Waals surface area contributed by atoms with Gasteiger partial charge in [-0.1, -0.05) is 133 Å². The lowest BCUT2D eigenvalue weighted by Crippen LogP contribution is -2.09. The molecule has 0 aliphatic heterocycles. The molecule has 2 heterocycles. The average Bonchev–Trinajstić information content (AvgIpc) is 3.83. The monoisotopic (exact) mass is 746 g/mol. The number of hydrogen-bond acceptors (Lipinski definition) is 2. The number of fused-ring (bicyclic) bond motifs is 6. The summed E-state index contributed by atoms with van der Waals surface area (Å²) in [5.41, 5.74) is 14.3. The lowest BCUT2D eigenvalue weighted by atomic mass is 9.98. The van der Waals surface area contributed by atoms with Crippen LogP contribution in [0.15, 0.2) is 206 Å². The molecule has 0 bridgehead atoms. The maximum Gasteiger partial charge on any atom is 0.0541 e. The highest BCUT2D eigenvalue weighted by Crippen LogP contribution is 2.43. The molecule has 0 saturated carbocycles. The second kappa shape index (κ2) is 14.0. The van der Waals surface area contributed by atoms with E-state index in [1.165, 1.54) is 81.1 Å². The molecule has 0 fully saturated rings. The number of rotatable bonds is 7. The van der Waals surface area contributed by atoms with E-state index in [0.717, 1.165) is 29.9 Å². The van der Waals surface area contributed by atoms with Crippen LogP contribution in [0.2, 0.25) is 0 Å². The fourth-order valence-corrected chi connectivity index (χ4v) is 9.76. The Morgan fingerprint density at radius 1 is 0.421 bits per heavy atom. The number of hydrogen-bond donors (Lipinski definition) is 0. The number of thiophene rings is 1. The predicted molar refractivity (Wildman–Crippen MR) is 246 cm³/mol. The minimum Gasteiger partial charge on any atom is -0.310 e. The Labute approximate surface area is 336 Å². The molecular weight excluding hydrogens is 709 g/mol. The van der Waals surface area contributed by atoms with Gasteiger partial charge in [-0.05, 0) is 113 Å². The van der Waals surface area contributed by atoms with E-state index in [9.17, 15) is 0 Å². The minimum atomic E-state index is 1.09. The van der Waals surface area contributed by atoms with Crippen LogP contribution >= 0.6 is 11.3 Å². The van der Waals surface area contributed by atoms with Gasteiger partial charge in [-0.15, -0.1) is 11.3 Å². The minimum absolute atomic E-state index is 1.09. The molecule has 0 spiro atoms. The van der Waals surface area contributed by atoms with Gasteiger partial charge >= 0.3 is 0 Å². The summed E-state index contributed by atoms with van der Waals surface area (Å²) in [5, 5.41) is 5.13. The molecule has 11 rings (SSSR count). The zero-order valence-electron chi connectivity index (χ0n) is 31.3. The molecule has 0 radical (unpaired) electrons. The summed E-state index contributed by atoms with van der Waals surface area (Å²) in [7, 11) is 0. The molecule has 1 aliphatic carbocycles. The zero-order valence-corrected chi connectivity index (χ0v) is 32.2. The van der Waals surface area contributed by atoms with E-state index in [2.05, 4.69) is 216 Å². The van der Waals surface area contributed by atoms with Crippen molar-refractivity contribution in [3.05, 3.63) is 212 Å². The number of anilines is 3. The van der Waals surface area contributed by atoms with Crippen molar-refractivity contribution < 1.29 is 0 Å². The van der Waals surface area contributed by atoms with Crippen molar-refractivity contribution in [1.29, 1.82) is 0 Å². The molecule has 8 aromatic carbocycles. The SMILES string of the molecule is C1=CC(c2ccc3c(c2)c2ccccc2n3-c2ccccc2-c2ccc(N(c3ccc(-c4ccccc4)cc3)c3ccc4sc5ccccc5c4c3)cc2)=CCC1. The van der Waals surface area contributed by atoms with E-state index in [-0.39, 0.29) is 0 Å². The molecule has 0 saturated heterocycles. The van der Waals surface area contributed by atoms with Crippen LogP contribution < -0.4 is 4.90 Å². The fourth-order valence-electron chi connectivity index (χ4n) is 8.68. The van der Waals surface area contributed by atoms with Crippen molar-refractivity contribution in [1.82, 2.24) is 4.57 Å². The molecule has 2 aromatic heterocycles. The first kappa shape index (κ1) is 33.4. The molecule has 0 N–H and O–H groups in total. The highest BCUT2D eigenvalue weighted by Gasteiger charge is 2.19. The van der Waals surface area contributed by atoms with Crippen LogP contribution in [0.5, 0.6) is 0 Å². The van der Waals surface area contributed by atoms with Crippen LogP contribution in [0, 0.1) is 0 Å². The van der Waals surface area contributed by atoms with E-state index >= 15 is 0 Å². The molecule has 2 nitrogen and oxygen atoms in total. The first-order valence-electron chi connectivity index (χ1n) is 19.7. The van der Waals surface area contributed by atoms with Gasteiger partial charge in [0, 0.05) is 53.6 Å². The lowest BCUT2D eigenvalue weighted by Gasteiger charge is -2.26. The van der Waals surface area contributed by atoms with E-state index in [1.807, 2.05) is 11.3 Å². The number of allylic oxidation sites excluding steroid dienone is 4. The lowest BCUT2D eigenvalue weighted by molar-refractivity contribution is 1.04. The second-order valence-corrected chi connectivity index (χ2v) is 15.9. The van der Waals surface area contributed by atoms with E-state index in [0.29, 0.717) is 0 Å².